The molecule has 2 aromatic heterocycles. The lowest BCUT2D eigenvalue weighted by Gasteiger charge is -2.17. The Morgan fingerprint density at radius 2 is 1.85 bits per heavy atom. The smallest absolute Gasteiger partial charge is 0.388 e. The van der Waals surface area contributed by atoms with Gasteiger partial charge in [-0.1, -0.05) is 23.7 Å². The molecule has 0 amide bonds. The molecule has 27 heavy (non-hydrogen) atoms. The van der Waals surface area contributed by atoms with E-state index in [1.165, 1.54) is 30.5 Å². The minimum absolute atomic E-state index is 0.225. The first-order valence-corrected chi connectivity index (χ1v) is 8.23. The van der Waals surface area contributed by atoms with Crippen molar-refractivity contribution in [2.24, 2.45) is 0 Å². The van der Waals surface area contributed by atoms with Gasteiger partial charge in [-0.3, -0.25) is 4.79 Å². The molecule has 3 aromatic rings. The predicted octanol–water partition coefficient (Wildman–Crippen LogP) is 3.14. The first-order valence-electron chi connectivity index (χ1n) is 7.85. The topological polar surface area (TPSA) is 77.2 Å². The molecule has 0 aliphatic carbocycles. The first-order chi connectivity index (χ1) is 13.0. The fourth-order valence-corrected chi connectivity index (χ4v) is 2.63. The van der Waals surface area contributed by atoms with Gasteiger partial charge in [-0.05, 0) is 29.8 Å². The fourth-order valence-electron chi connectivity index (χ4n) is 2.50. The lowest BCUT2D eigenvalue weighted by molar-refractivity contribution is -0.0528. The average Bonchev–Trinajstić information content (AvgIpc) is 2.65. The number of halogens is 3. The quantitative estimate of drug-likeness (QED) is 0.696. The molecule has 0 spiro atoms. The van der Waals surface area contributed by atoms with Gasteiger partial charge < -0.3 is 9.84 Å². The molecule has 0 aliphatic heterocycles. The van der Waals surface area contributed by atoms with E-state index >= 15 is 0 Å². The molecule has 1 N–H and O–H groups in total. The van der Waals surface area contributed by atoms with Crippen LogP contribution in [0.4, 0.5) is 8.78 Å². The number of hydrogen-bond acceptors (Lipinski definition) is 5. The van der Waals surface area contributed by atoms with Crippen LogP contribution in [0.2, 0.25) is 5.02 Å². The Balaban J connectivity index is 1.96. The van der Waals surface area contributed by atoms with Crippen LogP contribution in [0.5, 0.6) is 5.88 Å². The molecule has 1 atom stereocenters. The highest BCUT2D eigenvalue weighted by atomic mass is 35.5. The van der Waals surface area contributed by atoms with Crippen LogP contribution in [0, 0.1) is 0 Å². The molecule has 0 aliphatic rings. The van der Waals surface area contributed by atoms with Gasteiger partial charge in [0.1, 0.15) is 6.04 Å². The highest BCUT2D eigenvalue weighted by Crippen LogP contribution is 2.21. The molecule has 6 nitrogen and oxygen atoms in total. The maximum absolute atomic E-state index is 12.3. The summed E-state index contributed by atoms with van der Waals surface area (Å²) in [6.45, 7) is -3.31. The number of pyridine rings is 1. The van der Waals surface area contributed by atoms with Crippen molar-refractivity contribution < 1.29 is 18.6 Å². The molecule has 0 unspecified atom stereocenters. The number of hydrogen-bond donors (Lipinski definition) is 1. The summed E-state index contributed by atoms with van der Waals surface area (Å²) >= 11 is 5.88. The molecule has 0 fully saturated rings. The molecule has 0 saturated carbocycles. The average molecular weight is 394 g/mol. The van der Waals surface area contributed by atoms with Crippen LogP contribution in [0.25, 0.3) is 11.3 Å². The fraction of sp³-hybridized carbons (Fsp3) is 0.167. The molecule has 3 rings (SSSR count). The van der Waals surface area contributed by atoms with E-state index in [0.717, 1.165) is 4.68 Å². The minimum Gasteiger partial charge on any atom is -0.417 e. The summed E-state index contributed by atoms with van der Waals surface area (Å²) in [5.74, 6) is -0.225. The minimum atomic E-state index is -2.96. The van der Waals surface area contributed by atoms with Crippen molar-refractivity contribution in [1.29, 1.82) is 0 Å². The summed E-state index contributed by atoms with van der Waals surface area (Å²) in [4.78, 5) is 16.0. The van der Waals surface area contributed by atoms with E-state index in [0.29, 0.717) is 21.8 Å². The molecule has 2 heterocycles. The van der Waals surface area contributed by atoms with Gasteiger partial charge in [0.05, 0.1) is 12.3 Å². The van der Waals surface area contributed by atoms with Gasteiger partial charge in [-0.15, -0.1) is 0 Å². The maximum Gasteiger partial charge on any atom is 0.388 e. The van der Waals surface area contributed by atoms with Crippen LogP contribution in [-0.4, -0.2) is 33.1 Å². The number of aromatic nitrogens is 3. The monoisotopic (exact) mass is 393 g/mol. The highest BCUT2D eigenvalue weighted by Gasteiger charge is 2.16. The lowest BCUT2D eigenvalue weighted by atomic mass is 10.1. The molecule has 1 aromatic carbocycles. The van der Waals surface area contributed by atoms with Crippen LogP contribution in [0.15, 0.2) is 59.5 Å². The molecule has 0 bridgehead atoms. The van der Waals surface area contributed by atoms with E-state index in [1.807, 2.05) is 0 Å². The summed E-state index contributed by atoms with van der Waals surface area (Å²) in [6, 6.07) is 11.6. The van der Waals surface area contributed by atoms with E-state index in [9.17, 15) is 18.7 Å². The number of nitrogens with zero attached hydrogens (tertiary/aromatic N) is 3. The predicted molar refractivity (Wildman–Crippen MR) is 95.0 cm³/mol. The SMILES string of the molecule is O=c1ccc(-c2ccc(OC(F)F)nc2)nn1[C@@H](CO)c1ccc(Cl)cc1. The summed E-state index contributed by atoms with van der Waals surface area (Å²) in [6.07, 6.45) is 1.31. The highest BCUT2D eigenvalue weighted by molar-refractivity contribution is 6.30. The maximum atomic E-state index is 12.3. The molecule has 0 saturated heterocycles. The first kappa shape index (κ1) is 18.9. The Labute approximate surface area is 157 Å². The second-order valence-corrected chi connectivity index (χ2v) is 5.95. The third-order valence-corrected chi connectivity index (χ3v) is 4.04. The zero-order valence-corrected chi connectivity index (χ0v) is 14.6. The number of aliphatic hydroxyl groups excluding tert-OH is 1. The second-order valence-electron chi connectivity index (χ2n) is 5.51. The third-order valence-electron chi connectivity index (χ3n) is 3.79. The van der Waals surface area contributed by atoms with Crippen molar-refractivity contribution in [1.82, 2.24) is 14.8 Å². The van der Waals surface area contributed by atoms with Crippen molar-refractivity contribution in [2.75, 3.05) is 6.61 Å². The standard InChI is InChI=1S/C18H14ClF2N3O3/c19-13-4-1-11(2-5-13)15(10-25)24-17(26)8-6-14(23-24)12-3-7-16(22-9-12)27-18(20)21/h1-9,15,18,25H,10H2/t15-/m0/s1. The summed E-state index contributed by atoms with van der Waals surface area (Å²) in [7, 11) is 0. The number of aliphatic hydroxyl groups is 1. The van der Waals surface area contributed by atoms with Gasteiger partial charge in [-0.25, -0.2) is 9.67 Å². The Hall–Kier alpha value is -2.84. The van der Waals surface area contributed by atoms with E-state index in [-0.39, 0.29) is 12.5 Å². The van der Waals surface area contributed by atoms with Gasteiger partial charge in [0, 0.05) is 28.9 Å². The molecular formula is C18H14ClF2N3O3. The van der Waals surface area contributed by atoms with Gasteiger partial charge in [-0.2, -0.15) is 13.9 Å². The summed E-state index contributed by atoms with van der Waals surface area (Å²) in [5, 5.41) is 14.6. The third kappa shape index (κ3) is 4.47. The normalized spacial score (nSPS) is 12.2. The Bertz CT molecular complexity index is 963. The van der Waals surface area contributed by atoms with Crippen LogP contribution in [0.1, 0.15) is 11.6 Å². The second kappa shape index (κ2) is 8.24. The molecular weight excluding hydrogens is 380 g/mol. The molecule has 0 radical (unpaired) electrons. The lowest BCUT2D eigenvalue weighted by Crippen LogP contribution is -2.29. The largest absolute Gasteiger partial charge is 0.417 e. The molecule has 9 heteroatoms. The van der Waals surface area contributed by atoms with Gasteiger partial charge >= 0.3 is 6.61 Å². The van der Waals surface area contributed by atoms with E-state index in [4.69, 9.17) is 11.6 Å². The van der Waals surface area contributed by atoms with Crippen molar-refractivity contribution >= 4 is 11.6 Å². The van der Waals surface area contributed by atoms with Gasteiger partial charge in [0.2, 0.25) is 5.88 Å². The number of benzene rings is 1. The van der Waals surface area contributed by atoms with Crippen molar-refractivity contribution in [2.45, 2.75) is 12.7 Å². The van der Waals surface area contributed by atoms with Gasteiger partial charge in [0.25, 0.3) is 5.56 Å². The number of ether oxygens (including phenoxy) is 1. The number of alkyl halides is 2. The van der Waals surface area contributed by atoms with Crippen LogP contribution in [-0.2, 0) is 0 Å². The Kier molecular flexibility index (Phi) is 5.78. The van der Waals surface area contributed by atoms with Crippen molar-refractivity contribution in [3.05, 3.63) is 75.7 Å². The summed E-state index contributed by atoms with van der Waals surface area (Å²) < 4.78 is 29.8. The summed E-state index contributed by atoms with van der Waals surface area (Å²) in [5.41, 5.74) is 1.14. The Morgan fingerprint density at radius 1 is 1.11 bits per heavy atom. The van der Waals surface area contributed by atoms with Crippen LogP contribution >= 0.6 is 11.6 Å². The van der Waals surface area contributed by atoms with Gasteiger partial charge in [0.15, 0.2) is 0 Å². The van der Waals surface area contributed by atoms with Crippen LogP contribution in [0.3, 0.4) is 0 Å². The van der Waals surface area contributed by atoms with E-state index in [1.54, 1.807) is 24.3 Å². The van der Waals surface area contributed by atoms with Crippen molar-refractivity contribution in [3.63, 3.8) is 0 Å². The molecule has 140 valence electrons. The number of rotatable bonds is 6. The van der Waals surface area contributed by atoms with E-state index < -0.39 is 18.2 Å². The Morgan fingerprint density at radius 3 is 2.44 bits per heavy atom. The zero-order valence-electron chi connectivity index (χ0n) is 13.8. The van der Waals surface area contributed by atoms with E-state index in [2.05, 4.69) is 14.8 Å². The van der Waals surface area contributed by atoms with Crippen molar-refractivity contribution in [3.8, 4) is 17.1 Å². The zero-order chi connectivity index (χ0) is 19.4. The van der Waals surface area contributed by atoms with Crippen LogP contribution < -0.4 is 10.3 Å².